The van der Waals surface area contributed by atoms with Gasteiger partial charge < -0.3 is 0 Å². The van der Waals surface area contributed by atoms with Crippen LogP contribution in [-0.2, 0) is 21.0 Å². The van der Waals surface area contributed by atoms with Gasteiger partial charge in [0.05, 0.1) is 11.3 Å². The standard InChI is InChI=1S/C8H5ClF4O2S/c9-16(14,15)4-5-1-2-7(10)6(3-5)8(11,12)13/h1-3H,4H2. The fourth-order valence-corrected chi connectivity index (χ4v) is 2.03. The third kappa shape index (κ3) is 3.64. The van der Waals surface area contributed by atoms with Crippen LogP contribution in [0, 0.1) is 5.82 Å². The molecule has 1 aromatic carbocycles. The molecule has 0 bridgehead atoms. The minimum Gasteiger partial charge on any atom is -0.212 e. The number of halogens is 5. The first-order valence-corrected chi connectivity index (χ1v) is 6.35. The Morgan fingerprint density at radius 1 is 1.25 bits per heavy atom. The summed E-state index contributed by atoms with van der Waals surface area (Å²) in [5.41, 5.74) is -1.73. The van der Waals surface area contributed by atoms with Crippen molar-refractivity contribution in [3.05, 3.63) is 35.1 Å². The summed E-state index contributed by atoms with van der Waals surface area (Å²) in [7, 11) is 0.901. The van der Waals surface area contributed by atoms with Crippen molar-refractivity contribution in [2.75, 3.05) is 0 Å². The van der Waals surface area contributed by atoms with Crippen LogP contribution < -0.4 is 0 Å². The van der Waals surface area contributed by atoms with E-state index < -0.39 is 32.4 Å². The fraction of sp³-hybridized carbons (Fsp3) is 0.250. The van der Waals surface area contributed by atoms with Crippen LogP contribution in [0.25, 0.3) is 0 Å². The molecule has 0 heterocycles. The molecular formula is C8H5ClF4O2S. The maximum absolute atomic E-state index is 12.8. The number of benzene rings is 1. The summed E-state index contributed by atoms with van der Waals surface area (Å²) in [5.74, 6) is -2.24. The molecule has 0 aliphatic carbocycles. The van der Waals surface area contributed by atoms with Gasteiger partial charge in [-0.25, -0.2) is 12.8 Å². The minimum absolute atomic E-state index is 0.219. The first-order valence-electron chi connectivity index (χ1n) is 3.87. The largest absolute Gasteiger partial charge is 0.419 e. The third-order valence-corrected chi connectivity index (χ3v) is 2.68. The van der Waals surface area contributed by atoms with Gasteiger partial charge in [-0.1, -0.05) is 6.07 Å². The Balaban J connectivity index is 3.18. The molecule has 0 saturated carbocycles. The Bertz CT molecular complexity index is 495. The Hall–Kier alpha value is -0.820. The lowest BCUT2D eigenvalue weighted by Gasteiger charge is -2.09. The van der Waals surface area contributed by atoms with Crippen molar-refractivity contribution in [2.24, 2.45) is 0 Å². The molecule has 0 N–H and O–H groups in total. The molecule has 1 aromatic rings. The molecule has 90 valence electrons. The number of hydrogen-bond donors (Lipinski definition) is 0. The van der Waals surface area contributed by atoms with E-state index in [4.69, 9.17) is 10.7 Å². The molecule has 16 heavy (non-hydrogen) atoms. The molecule has 0 spiro atoms. The van der Waals surface area contributed by atoms with Gasteiger partial charge in [0.25, 0.3) is 0 Å². The lowest BCUT2D eigenvalue weighted by Crippen LogP contribution is -2.09. The molecule has 8 heteroatoms. The van der Waals surface area contributed by atoms with Crippen LogP contribution in [0.5, 0.6) is 0 Å². The lowest BCUT2D eigenvalue weighted by molar-refractivity contribution is -0.140. The third-order valence-electron chi connectivity index (χ3n) is 1.68. The summed E-state index contributed by atoms with van der Waals surface area (Å²) in [5, 5.41) is 0. The first kappa shape index (κ1) is 13.2. The predicted molar refractivity (Wildman–Crippen MR) is 49.9 cm³/mol. The molecule has 0 aliphatic rings. The zero-order valence-corrected chi connectivity index (χ0v) is 9.13. The maximum Gasteiger partial charge on any atom is 0.419 e. The highest BCUT2D eigenvalue weighted by molar-refractivity contribution is 8.13. The second-order valence-corrected chi connectivity index (χ2v) is 5.77. The highest BCUT2D eigenvalue weighted by Gasteiger charge is 2.34. The molecule has 0 fully saturated rings. The van der Waals surface area contributed by atoms with E-state index in [1.165, 1.54) is 0 Å². The van der Waals surface area contributed by atoms with E-state index in [1.807, 2.05) is 0 Å². The van der Waals surface area contributed by atoms with Crippen LogP contribution in [0.15, 0.2) is 18.2 Å². The summed E-state index contributed by atoms with van der Waals surface area (Å²) in [6, 6.07) is 1.92. The minimum atomic E-state index is -4.86. The van der Waals surface area contributed by atoms with E-state index in [-0.39, 0.29) is 5.56 Å². The van der Waals surface area contributed by atoms with Gasteiger partial charge in [-0.3, -0.25) is 0 Å². The molecule has 0 amide bonds. The van der Waals surface area contributed by atoms with E-state index >= 15 is 0 Å². The molecule has 0 radical (unpaired) electrons. The lowest BCUT2D eigenvalue weighted by atomic mass is 10.1. The van der Waals surface area contributed by atoms with Crippen molar-refractivity contribution in [3.63, 3.8) is 0 Å². The van der Waals surface area contributed by atoms with Gasteiger partial charge in [0.2, 0.25) is 9.05 Å². The van der Waals surface area contributed by atoms with Gasteiger partial charge in [0, 0.05) is 10.7 Å². The smallest absolute Gasteiger partial charge is 0.212 e. The predicted octanol–water partition coefficient (Wildman–Crippen LogP) is 2.91. The van der Waals surface area contributed by atoms with Gasteiger partial charge in [0.15, 0.2) is 0 Å². The quantitative estimate of drug-likeness (QED) is 0.615. The zero-order chi connectivity index (χ0) is 12.6. The highest BCUT2D eigenvalue weighted by Crippen LogP contribution is 2.32. The average molecular weight is 277 g/mol. The Morgan fingerprint density at radius 2 is 1.81 bits per heavy atom. The summed E-state index contributed by atoms with van der Waals surface area (Å²) in [6.45, 7) is 0. The topological polar surface area (TPSA) is 34.1 Å². The Kier molecular flexibility index (Phi) is 3.49. The Labute approximate surface area is 93.3 Å². The van der Waals surface area contributed by atoms with E-state index in [0.29, 0.717) is 12.1 Å². The number of alkyl halides is 3. The van der Waals surface area contributed by atoms with Gasteiger partial charge in [-0.2, -0.15) is 13.2 Å². The van der Waals surface area contributed by atoms with Crippen molar-refractivity contribution < 1.29 is 26.0 Å². The summed E-state index contributed by atoms with van der Waals surface area (Å²) in [4.78, 5) is 0. The highest BCUT2D eigenvalue weighted by atomic mass is 35.7. The first-order chi connectivity index (χ1) is 7.09. The second-order valence-electron chi connectivity index (χ2n) is 3.00. The molecule has 0 aromatic heterocycles. The molecule has 0 aliphatic heterocycles. The normalized spacial score (nSPS) is 12.8. The van der Waals surface area contributed by atoms with Gasteiger partial charge in [0.1, 0.15) is 5.82 Å². The van der Waals surface area contributed by atoms with Crippen molar-refractivity contribution in [2.45, 2.75) is 11.9 Å². The van der Waals surface area contributed by atoms with Crippen LogP contribution in [0.3, 0.4) is 0 Å². The van der Waals surface area contributed by atoms with Crippen LogP contribution in [0.2, 0.25) is 0 Å². The molecule has 0 saturated heterocycles. The van der Waals surface area contributed by atoms with E-state index in [9.17, 15) is 26.0 Å². The van der Waals surface area contributed by atoms with Crippen molar-refractivity contribution in [3.8, 4) is 0 Å². The fourth-order valence-electron chi connectivity index (χ4n) is 1.08. The molecule has 2 nitrogen and oxygen atoms in total. The molecular weight excluding hydrogens is 272 g/mol. The van der Waals surface area contributed by atoms with E-state index in [0.717, 1.165) is 6.07 Å². The van der Waals surface area contributed by atoms with E-state index in [2.05, 4.69) is 0 Å². The van der Waals surface area contributed by atoms with E-state index in [1.54, 1.807) is 0 Å². The van der Waals surface area contributed by atoms with Gasteiger partial charge in [-0.15, -0.1) is 0 Å². The van der Waals surface area contributed by atoms with Crippen molar-refractivity contribution in [1.29, 1.82) is 0 Å². The second kappa shape index (κ2) is 4.21. The summed E-state index contributed by atoms with van der Waals surface area (Å²) >= 11 is 0. The van der Waals surface area contributed by atoms with Gasteiger partial charge in [-0.05, 0) is 17.7 Å². The van der Waals surface area contributed by atoms with Crippen LogP contribution in [-0.4, -0.2) is 8.42 Å². The van der Waals surface area contributed by atoms with Crippen molar-refractivity contribution >= 4 is 19.7 Å². The molecule has 1 rings (SSSR count). The number of hydrogen-bond acceptors (Lipinski definition) is 2. The molecule has 0 unspecified atom stereocenters. The summed E-state index contributed by atoms with van der Waals surface area (Å²) < 4.78 is 70.8. The van der Waals surface area contributed by atoms with Crippen LogP contribution in [0.1, 0.15) is 11.1 Å². The average Bonchev–Trinajstić information content (AvgIpc) is 2.04. The van der Waals surface area contributed by atoms with Gasteiger partial charge >= 0.3 is 6.18 Å². The maximum atomic E-state index is 12.8. The zero-order valence-electron chi connectivity index (χ0n) is 7.55. The van der Waals surface area contributed by atoms with Crippen LogP contribution >= 0.6 is 10.7 Å². The Morgan fingerprint density at radius 3 is 2.25 bits per heavy atom. The van der Waals surface area contributed by atoms with Crippen molar-refractivity contribution in [1.82, 2.24) is 0 Å². The summed E-state index contributed by atoms with van der Waals surface area (Å²) in [6.07, 6.45) is -4.86. The monoisotopic (exact) mass is 276 g/mol. The van der Waals surface area contributed by atoms with Crippen LogP contribution in [0.4, 0.5) is 17.6 Å². The molecule has 0 atom stereocenters. The SMILES string of the molecule is O=S(=O)(Cl)Cc1ccc(F)c(C(F)(F)F)c1. The number of rotatable bonds is 2.